The van der Waals surface area contributed by atoms with Crippen molar-refractivity contribution in [3.05, 3.63) is 34.3 Å². The van der Waals surface area contributed by atoms with Crippen molar-refractivity contribution in [2.24, 2.45) is 5.92 Å². The van der Waals surface area contributed by atoms with E-state index in [0.717, 1.165) is 11.8 Å². The Labute approximate surface area is 127 Å². The smallest absolute Gasteiger partial charge is 0.0582 e. The van der Waals surface area contributed by atoms with Crippen LogP contribution < -0.4 is 0 Å². The van der Waals surface area contributed by atoms with Gasteiger partial charge in [0, 0.05) is 9.80 Å². The lowest BCUT2D eigenvalue weighted by atomic mass is 9.94. The number of hydrogen-bond acceptors (Lipinski definition) is 1. The Morgan fingerprint density at radius 1 is 1.39 bits per heavy atom. The van der Waals surface area contributed by atoms with Gasteiger partial charge in [0.25, 0.3) is 0 Å². The van der Waals surface area contributed by atoms with Gasteiger partial charge in [0.2, 0.25) is 0 Å². The van der Waals surface area contributed by atoms with Gasteiger partial charge < -0.3 is 4.74 Å². The predicted octanol–water partition coefficient (Wildman–Crippen LogP) is 4.96. The monoisotopic (exact) mass is 374 g/mol. The Balaban J connectivity index is 1.89. The Hall–Kier alpha value is 0.140. The maximum atomic E-state index is 5.92. The van der Waals surface area contributed by atoms with Gasteiger partial charge in [-0.15, -0.1) is 0 Å². The molecule has 1 aromatic carbocycles. The molecule has 1 saturated heterocycles. The Morgan fingerprint density at radius 2 is 2.22 bits per heavy atom. The minimum atomic E-state index is 0.455. The summed E-state index contributed by atoms with van der Waals surface area (Å²) in [6.45, 7) is 2.18. The van der Waals surface area contributed by atoms with Crippen molar-refractivity contribution in [1.82, 2.24) is 0 Å². The summed E-state index contributed by atoms with van der Waals surface area (Å²) in [7, 11) is 0. The molecule has 1 fully saturated rings. The topological polar surface area (TPSA) is 9.23 Å². The predicted molar refractivity (Wildman–Crippen MR) is 83.3 cm³/mol. The second-order valence-electron chi connectivity index (χ2n) is 5.24. The number of hydrogen-bond donors (Lipinski definition) is 0. The molecule has 1 nitrogen and oxygen atoms in total. The first-order valence-corrected chi connectivity index (χ1v) is 8.54. The summed E-state index contributed by atoms with van der Waals surface area (Å²) >= 11 is 7.18. The van der Waals surface area contributed by atoms with Crippen molar-refractivity contribution in [3.8, 4) is 0 Å². The van der Waals surface area contributed by atoms with Gasteiger partial charge in [0.15, 0.2) is 0 Å². The molecule has 0 amide bonds. The van der Waals surface area contributed by atoms with Crippen LogP contribution in [0.4, 0.5) is 0 Å². The van der Waals surface area contributed by atoms with E-state index in [1.54, 1.807) is 0 Å². The minimum absolute atomic E-state index is 0.455. The van der Waals surface area contributed by atoms with Crippen molar-refractivity contribution in [2.75, 3.05) is 5.33 Å². The summed E-state index contributed by atoms with van der Waals surface area (Å²) in [6.07, 6.45) is 5.66. The zero-order chi connectivity index (χ0) is 13.0. The first kappa shape index (κ1) is 14.5. The van der Waals surface area contributed by atoms with Crippen molar-refractivity contribution >= 4 is 31.9 Å². The van der Waals surface area contributed by atoms with Crippen molar-refractivity contribution in [2.45, 2.75) is 44.8 Å². The second-order valence-corrected chi connectivity index (χ2v) is 6.80. The maximum Gasteiger partial charge on any atom is 0.0582 e. The standard InChI is InChI=1S/C15H20Br2O/c1-11-5-6-15(18-11)9-13(10-16)7-12-3-2-4-14(17)8-12/h2-4,8,11,13,15H,5-7,9-10H2,1H3. The van der Waals surface area contributed by atoms with Crippen LogP contribution in [-0.2, 0) is 11.2 Å². The van der Waals surface area contributed by atoms with Crippen molar-refractivity contribution in [1.29, 1.82) is 0 Å². The Kier molecular flexibility index (Phi) is 5.71. The highest BCUT2D eigenvalue weighted by Gasteiger charge is 2.24. The highest BCUT2D eigenvalue weighted by molar-refractivity contribution is 9.10. The van der Waals surface area contributed by atoms with Gasteiger partial charge in [-0.2, -0.15) is 0 Å². The van der Waals surface area contributed by atoms with E-state index in [9.17, 15) is 0 Å². The molecule has 3 heteroatoms. The molecule has 0 aromatic heterocycles. The lowest BCUT2D eigenvalue weighted by molar-refractivity contribution is 0.0428. The van der Waals surface area contributed by atoms with Crippen LogP contribution in [0.15, 0.2) is 28.7 Å². The molecule has 0 aliphatic carbocycles. The molecule has 1 aliphatic heterocycles. The summed E-state index contributed by atoms with van der Waals surface area (Å²) in [6, 6.07) is 8.61. The summed E-state index contributed by atoms with van der Waals surface area (Å²) < 4.78 is 7.09. The van der Waals surface area contributed by atoms with Crippen LogP contribution in [0, 0.1) is 5.92 Å². The summed E-state index contributed by atoms with van der Waals surface area (Å²) in [5.74, 6) is 0.662. The van der Waals surface area contributed by atoms with Gasteiger partial charge in [0.1, 0.15) is 0 Å². The zero-order valence-electron chi connectivity index (χ0n) is 10.7. The molecule has 1 aliphatic rings. The van der Waals surface area contributed by atoms with Gasteiger partial charge in [-0.1, -0.05) is 44.0 Å². The third kappa shape index (κ3) is 4.36. The fraction of sp³-hybridized carbons (Fsp3) is 0.600. The molecule has 2 rings (SSSR count). The van der Waals surface area contributed by atoms with E-state index in [-0.39, 0.29) is 0 Å². The number of ether oxygens (including phenoxy) is 1. The van der Waals surface area contributed by atoms with Crippen LogP contribution in [0.3, 0.4) is 0 Å². The van der Waals surface area contributed by atoms with E-state index >= 15 is 0 Å². The SMILES string of the molecule is CC1CCC(CC(CBr)Cc2cccc(Br)c2)O1. The molecule has 1 aromatic rings. The van der Waals surface area contributed by atoms with Gasteiger partial charge in [0.05, 0.1) is 12.2 Å². The number of alkyl halides is 1. The number of rotatable bonds is 5. The van der Waals surface area contributed by atoms with E-state index in [1.807, 2.05) is 0 Å². The van der Waals surface area contributed by atoms with Crippen LogP contribution in [0.5, 0.6) is 0 Å². The molecule has 0 N–H and O–H groups in total. The first-order chi connectivity index (χ1) is 8.67. The third-order valence-corrected chi connectivity index (χ3v) is 4.96. The van der Waals surface area contributed by atoms with Crippen LogP contribution in [-0.4, -0.2) is 17.5 Å². The molecule has 18 heavy (non-hydrogen) atoms. The average molecular weight is 376 g/mol. The normalized spacial score (nSPS) is 25.3. The number of benzene rings is 1. The quantitative estimate of drug-likeness (QED) is 0.661. The molecular weight excluding hydrogens is 356 g/mol. The van der Waals surface area contributed by atoms with Crippen LogP contribution in [0.25, 0.3) is 0 Å². The van der Waals surface area contributed by atoms with E-state index in [1.165, 1.54) is 29.3 Å². The molecule has 0 bridgehead atoms. The van der Waals surface area contributed by atoms with Crippen LogP contribution in [0.1, 0.15) is 31.7 Å². The number of halogens is 2. The lowest BCUT2D eigenvalue weighted by Gasteiger charge is -2.19. The minimum Gasteiger partial charge on any atom is -0.375 e. The molecule has 0 spiro atoms. The lowest BCUT2D eigenvalue weighted by Crippen LogP contribution is -2.17. The highest BCUT2D eigenvalue weighted by atomic mass is 79.9. The van der Waals surface area contributed by atoms with E-state index < -0.39 is 0 Å². The van der Waals surface area contributed by atoms with Gasteiger partial charge in [-0.05, 0) is 56.2 Å². The van der Waals surface area contributed by atoms with Crippen molar-refractivity contribution < 1.29 is 4.74 Å². The molecular formula is C15H20Br2O. The fourth-order valence-corrected chi connectivity index (χ4v) is 3.57. The molecule has 100 valence electrons. The molecule has 0 radical (unpaired) electrons. The molecule has 3 unspecified atom stereocenters. The van der Waals surface area contributed by atoms with E-state index in [2.05, 4.69) is 63.0 Å². The molecule has 0 saturated carbocycles. The third-order valence-electron chi connectivity index (χ3n) is 3.55. The van der Waals surface area contributed by atoms with Crippen molar-refractivity contribution in [3.63, 3.8) is 0 Å². The maximum absolute atomic E-state index is 5.92. The molecule has 3 atom stereocenters. The summed E-state index contributed by atoms with van der Waals surface area (Å²) in [4.78, 5) is 0. The Morgan fingerprint density at radius 3 is 2.83 bits per heavy atom. The van der Waals surface area contributed by atoms with E-state index in [0.29, 0.717) is 18.1 Å². The van der Waals surface area contributed by atoms with Crippen LogP contribution >= 0.6 is 31.9 Å². The highest BCUT2D eigenvalue weighted by Crippen LogP contribution is 2.27. The second kappa shape index (κ2) is 7.06. The average Bonchev–Trinajstić information content (AvgIpc) is 2.74. The van der Waals surface area contributed by atoms with E-state index in [4.69, 9.17) is 4.74 Å². The zero-order valence-corrected chi connectivity index (χ0v) is 13.9. The first-order valence-electron chi connectivity index (χ1n) is 6.63. The van der Waals surface area contributed by atoms with Gasteiger partial charge in [-0.3, -0.25) is 0 Å². The largest absolute Gasteiger partial charge is 0.375 e. The van der Waals surface area contributed by atoms with Gasteiger partial charge in [-0.25, -0.2) is 0 Å². The van der Waals surface area contributed by atoms with Crippen LogP contribution in [0.2, 0.25) is 0 Å². The Bertz CT molecular complexity index is 381. The van der Waals surface area contributed by atoms with Gasteiger partial charge >= 0.3 is 0 Å². The fourth-order valence-electron chi connectivity index (χ4n) is 2.63. The summed E-state index contributed by atoms with van der Waals surface area (Å²) in [5, 5.41) is 1.05. The molecule has 1 heterocycles. The summed E-state index contributed by atoms with van der Waals surface area (Å²) in [5.41, 5.74) is 1.40.